The van der Waals surface area contributed by atoms with Gasteiger partial charge in [0.15, 0.2) is 6.61 Å². The molecule has 2 aromatic rings. The summed E-state index contributed by atoms with van der Waals surface area (Å²) in [5.74, 6) is -0.120. The van der Waals surface area contributed by atoms with Gasteiger partial charge in [-0.15, -0.1) is 0 Å². The Bertz CT molecular complexity index is 861. The first-order valence-corrected chi connectivity index (χ1v) is 9.65. The number of hydrogen-bond donors (Lipinski definition) is 2. The summed E-state index contributed by atoms with van der Waals surface area (Å²) in [6.45, 7) is 1.33. The second-order valence-electron chi connectivity index (χ2n) is 7.05. The summed E-state index contributed by atoms with van der Waals surface area (Å²) < 4.78 is 5.28. The maximum atomic E-state index is 12.5. The van der Waals surface area contributed by atoms with Crippen molar-refractivity contribution in [3.63, 3.8) is 0 Å². The van der Waals surface area contributed by atoms with Crippen LogP contribution < -0.4 is 15.8 Å². The number of hydrogen-bond acceptors (Lipinski definition) is 4. The summed E-state index contributed by atoms with van der Waals surface area (Å²) in [4.78, 5) is 37.6. The van der Waals surface area contributed by atoms with Crippen molar-refractivity contribution in [2.24, 2.45) is 11.7 Å². The number of nitrogens with two attached hydrogens (primary N) is 1. The highest BCUT2D eigenvalue weighted by Gasteiger charge is 2.27. The largest absolute Gasteiger partial charge is 0.484 e. The second-order valence-corrected chi connectivity index (χ2v) is 7.05. The number of carbonyl (C=O) groups excluding carboxylic acids is 3. The second kappa shape index (κ2) is 9.73. The van der Waals surface area contributed by atoms with E-state index in [1.807, 2.05) is 36.4 Å². The molecule has 0 unspecified atom stereocenters. The minimum Gasteiger partial charge on any atom is -0.484 e. The van der Waals surface area contributed by atoms with Gasteiger partial charge in [0, 0.05) is 31.1 Å². The van der Waals surface area contributed by atoms with Crippen LogP contribution in [0.5, 0.6) is 5.75 Å². The molecule has 152 valence electrons. The van der Waals surface area contributed by atoms with Gasteiger partial charge in [-0.1, -0.05) is 30.3 Å². The van der Waals surface area contributed by atoms with E-state index in [4.69, 9.17) is 10.5 Å². The van der Waals surface area contributed by atoms with Crippen LogP contribution in [0.3, 0.4) is 0 Å². The predicted octanol–water partition coefficient (Wildman–Crippen LogP) is 1.72. The number of amides is 3. The SMILES string of the molecule is NC(=O)COc1cccc(CNC(=O)C2CCN(C(=O)c3ccccc3)CC2)c1. The smallest absolute Gasteiger partial charge is 0.255 e. The van der Waals surface area contributed by atoms with Crippen LogP contribution in [-0.2, 0) is 16.1 Å². The lowest BCUT2D eigenvalue weighted by molar-refractivity contribution is -0.126. The maximum absolute atomic E-state index is 12.5. The Balaban J connectivity index is 1.46. The molecule has 0 bridgehead atoms. The van der Waals surface area contributed by atoms with Crippen molar-refractivity contribution in [3.05, 3.63) is 65.7 Å². The van der Waals surface area contributed by atoms with E-state index in [9.17, 15) is 14.4 Å². The highest BCUT2D eigenvalue weighted by atomic mass is 16.5. The van der Waals surface area contributed by atoms with Crippen LogP contribution in [-0.4, -0.2) is 42.3 Å². The number of carbonyl (C=O) groups is 3. The third kappa shape index (κ3) is 5.81. The van der Waals surface area contributed by atoms with Crippen LogP contribution in [0.25, 0.3) is 0 Å². The monoisotopic (exact) mass is 395 g/mol. The molecule has 1 aliphatic heterocycles. The van der Waals surface area contributed by atoms with Gasteiger partial charge in [-0.25, -0.2) is 0 Å². The Morgan fingerprint density at radius 2 is 1.76 bits per heavy atom. The Labute approximate surface area is 169 Å². The van der Waals surface area contributed by atoms with E-state index >= 15 is 0 Å². The average Bonchev–Trinajstić information content (AvgIpc) is 2.76. The van der Waals surface area contributed by atoms with Gasteiger partial charge < -0.3 is 20.7 Å². The van der Waals surface area contributed by atoms with Crippen LogP contribution in [0, 0.1) is 5.92 Å². The number of rotatable bonds is 7. The van der Waals surface area contributed by atoms with Crippen molar-refractivity contribution in [1.82, 2.24) is 10.2 Å². The minimum absolute atomic E-state index is 0.0113. The predicted molar refractivity (Wildman–Crippen MR) is 108 cm³/mol. The van der Waals surface area contributed by atoms with Crippen LogP contribution in [0.15, 0.2) is 54.6 Å². The molecule has 0 radical (unpaired) electrons. The van der Waals surface area contributed by atoms with Gasteiger partial charge in [0.1, 0.15) is 5.75 Å². The van der Waals surface area contributed by atoms with Crippen LogP contribution in [0.2, 0.25) is 0 Å². The molecule has 29 heavy (non-hydrogen) atoms. The molecule has 1 aliphatic rings. The summed E-state index contributed by atoms with van der Waals surface area (Å²) in [6, 6.07) is 16.4. The number of benzene rings is 2. The molecule has 0 spiro atoms. The summed E-state index contributed by atoms with van der Waals surface area (Å²) >= 11 is 0. The van der Waals surface area contributed by atoms with Gasteiger partial charge in [-0.2, -0.15) is 0 Å². The first-order chi connectivity index (χ1) is 14.0. The quantitative estimate of drug-likeness (QED) is 0.745. The summed E-state index contributed by atoms with van der Waals surface area (Å²) in [6.07, 6.45) is 1.29. The third-order valence-corrected chi connectivity index (χ3v) is 4.92. The first-order valence-electron chi connectivity index (χ1n) is 9.65. The number of ether oxygens (including phenoxy) is 1. The van der Waals surface area contributed by atoms with Gasteiger partial charge in [0.2, 0.25) is 5.91 Å². The molecule has 0 atom stereocenters. The zero-order valence-electron chi connectivity index (χ0n) is 16.2. The first kappa shape index (κ1) is 20.4. The van der Waals surface area contributed by atoms with Crippen molar-refractivity contribution in [2.75, 3.05) is 19.7 Å². The van der Waals surface area contributed by atoms with Crippen molar-refractivity contribution in [1.29, 1.82) is 0 Å². The Morgan fingerprint density at radius 1 is 1.03 bits per heavy atom. The third-order valence-electron chi connectivity index (χ3n) is 4.92. The summed E-state index contributed by atoms with van der Waals surface area (Å²) in [5, 5.41) is 2.95. The zero-order chi connectivity index (χ0) is 20.6. The van der Waals surface area contributed by atoms with Crippen molar-refractivity contribution >= 4 is 17.7 Å². The molecule has 1 heterocycles. The summed E-state index contributed by atoms with van der Waals surface area (Å²) in [7, 11) is 0. The Hall–Kier alpha value is -3.35. The average molecular weight is 395 g/mol. The number of likely N-dealkylation sites (tertiary alicyclic amines) is 1. The van der Waals surface area contributed by atoms with E-state index in [1.54, 1.807) is 23.1 Å². The van der Waals surface area contributed by atoms with Gasteiger partial charge >= 0.3 is 0 Å². The molecule has 3 rings (SSSR count). The van der Waals surface area contributed by atoms with Gasteiger partial charge in [-0.05, 0) is 42.7 Å². The lowest BCUT2D eigenvalue weighted by Gasteiger charge is -2.31. The van der Waals surface area contributed by atoms with Gasteiger partial charge in [0.25, 0.3) is 11.8 Å². The van der Waals surface area contributed by atoms with Crippen LogP contribution in [0.1, 0.15) is 28.8 Å². The zero-order valence-corrected chi connectivity index (χ0v) is 16.2. The Morgan fingerprint density at radius 3 is 2.45 bits per heavy atom. The molecule has 3 amide bonds. The molecule has 0 saturated carbocycles. The molecule has 7 nitrogen and oxygen atoms in total. The minimum atomic E-state index is -0.541. The van der Waals surface area contributed by atoms with Crippen molar-refractivity contribution < 1.29 is 19.1 Å². The number of piperidine rings is 1. The fraction of sp³-hybridized carbons (Fsp3) is 0.318. The van der Waals surface area contributed by atoms with E-state index in [0.29, 0.717) is 43.8 Å². The number of nitrogens with one attached hydrogen (secondary N) is 1. The topological polar surface area (TPSA) is 102 Å². The highest BCUT2D eigenvalue weighted by Crippen LogP contribution is 2.20. The van der Waals surface area contributed by atoms with Gasteiger partial charge in [-0.3, -0.25) is 14.4 Å². The normalized spacial score (nSPS) is 14.3. The molecule has 2 aromatic carbocycles. The van der Waals surface area contributed by atoms with Crippen molar-refractivity contribution in [2.45, 2.75) is 19.4 Å². The number of nitrogens with zero attached hydrogens (tertiary/aromatic N) is 1. The standard InChI is InChI=1S/C22H25N3O4/c23-20(26)15-29-19-8-4-5-16(13-19)14-24-21(27)17-9-11-25(12-10-17)22(28)18-6-2-1-3-7-18/h1-8,13,17H,9-12,14-15H2,(H2,23,26)(H,24,27). The van der Waals surface area contributed by atoms with Crippen LogP contribution >= 0.6 is 0 Å². The molecular weight excluding hydrogens is 370 g/mol. The molecule has 1 saturated heterocycles. The van der Waals surface area contributed by atoms with E-state index in [-0.39, 0.29) is 24.3 Å². The van der Waals surface area contributed by atoms with Gasteiger partial charge in [0.05, 0.1) is 0 Å². The van der Waals surface area contributed by atoms with E-state index in [1.165, 1.54) is 0 Å². The van der Waals surface area contributed by atoms with Crippen LogP contribution in [0.4, 0.5) is 0 Å². The van der Waals surface area contributed by atoms with E-state index in [0.717, 1.165) is 5.56 Å². The molecule has 0 aliphatic carbocycles. The number of primary amides is 1. The lowest BCUT2D eigenvalue weighted by atomic mass is 9.95. The highest BCUT2D eigenvalue weighted by molar-refractivity contribution is 5.94. The maximum Gasteiger partial charge on any atom is 0.255 e. The van der Waals surface area contributed by atoms with E-state index in [2.05, 4.69) is 5.32 Å². The molecule has 0 aromatic heterocycles. The molecule has 3 N–H and O–H groups in total. The van der Waals surface area contributed by atoms with E-state index < -0.39 is 5.91 Å². The molecule has 7 heteroatoms. The lowest BCUT2D eigenvalue weighted by Crippen LogP contribution is -2.42. The summed E-state index contributed by atoms with van der Waals surface area (Å²) in [5.41, 5.74) is 6.62. The molecule has 1 fully saturated rings. The molecular formula is C22H25N3O4. The fourth-order valence-electron chi connectivity index (χ4n) is 3.34. The Kier molecular flexibility index (Phi) is 6.84. The fourth-order valence-corrected chi connectivity index (χ4v) is 3.34. The van der Waals surface area contributed by atoms with Crippen molar-refractivity contribution in [3.8, 4) is 5.75 Å².